The van der Waals surface area contributed by atoms with Gasteiger partial charge in [-0.3, -0.25) is 0 Å². The van der Waals surface area contributed by atoms with Gasteiger partial charge in [-0.1, -0.05) is 0 Å². The molecule has 20 heavy (non-hydrogen) atoms. The quantitative estimate of drug-likeness (QED) is 0.743. The summed E-state index contributed by atoms with van der Waals surface area (Å²) in [5.74, 6) is 0.239. The molecule has 0 radical (unpaired) electrons. The van der Waals surface area contributed by atoms with E-state index in [0.717, 1.165) is 23.3 Å². The Morgan fingerprint density at radius 3 is 2.70 bits per heavy atom. The second kappa shape index (κ2) is 5.77. The van der Waals surface area contributed by atoms with Crippen molar-refractivity contribution < 1.29 is 8.42 Å². The Labute approximate surface area is 131 Å². The van der Waals surface area contributed by atoms with Crippen molar-refractivity contribution >= 4 is 44.3 Å². The van der Waals surface area contributed by atoms with E-state index in [0.29, 0.717) is 11.4 Å². The molecule has 0 unspecified atom stereocenters. The first-order valence-corrected chi connectivity index (χ1v) is 10.1. The van der Waals surface area contributed by atoms with E-state index < -0.39 is 10.0 Å². The minimum atomic E-state index is -3.45. The van der Waals surface area contributed by atoms with Crippen LogP contribution in [0.4, 0.5) is 0 Å². The Kier molecular flexibility index (Phi) is 4.19. The third-order valence-electron chi connectivity index (χ3n) is 3.29. The van der Waals surface area contributed by atoms with Crippen LogP contribution in [0.3, 0.4) is 0 Å². The highest BCUT2D eigenvalue weighted by Gasteiger charge is 2.39. The molecule has 2 heterocycles. The van der Waals surface area contributed by atoms with E-state index in [1.807, 2.05) is 16.8 Å². The molecule has 108 valence electrons. The fourth-order valence-electron chi connectivity index (χ4n) is 2.12. The molecule has 1 aliphatic carbocycles. The van der Waals surface area contributed by atoms with E-state index in [1.165, 1.54) is 11.3 Å². The van der Waals surface area contributed by atoms with Crippen molar-refractivity contribution in [2.45, 2.75) is 36.2 Å². The number of hydrogen-bond acceptors (Lipinski definition) is 4. The molecule has 0 spiro atoms. The number of hydrogen-bond donors (Lipinski definition) is 0. The average molecular weight is 348 g/mol. The van der Waals surface area contributed by atoms with Gasteiger partial charge < -0.3 is 0 Å². The van der Waals surface area contributed by atoms with Gasteiger partial charge in [0.05, 0.1) is 10.8 Å². The van der Waals surface area contributed by atoms with Gasteiger partial charge in [0.2, 0.25) is 10.0 Å². The van der Waals surface area contributed by atoms with Gasteiger partial charge in [0.25, 0.3) is 0 Å². The van der Waals surface area contributed by atoms with Crippen LogP contribution >= 0.6 is 34.3 Å². The predicted octanol–water partition coefficient (Wildman–Crippen LogP) is 3.90. The fraction of sp³-hybridized carbons (Fsp3) is 0.385. The van der Waals surface area contributed by atoms with Crippen LogP contribution in [0, 0.1) is 0 Å². The van der Waals surface area contributed by atoms with Gasteiger partial charge in [-0.25, -0.2) is 8.42 Å². The van der Waals surface area contributed by atoms with Crippen molar-refractivity contribution in [1.29, 1.82) is 0 Å². The van der Waals surface area contributed by atoms with Crippen molar-refractivity contribution in [3.05, 3.63) is 38.7 Å². The number of rotatable bonds is 6. The van der Waals surface area contributed by atoms with Gasteiger partial charge in [0, 0.05) is 17.5 Å². The molecule has 0 amide bonds. The molecule has 3 nitrogen and oxygen atoms in total. The van der Waals surface area contributed by atoms with Crippen LogP contribution in [0.5, 0.6) is 0 Å². The highest BCUT2D eigenvalue weighted by atomic mass is 35.5. The Morgan fingerprint density at radius 2 is 2.10 bits per heavy atom. The molecule has 0 aliphatic heterocycles. The van der Waals surface area contributed by atoms with Crippen LogP contribution in [-0.2, 0) is 22.4 Å². The zero-order valence-corrected chi connectivity index (χ0v) is 13.9. The van der Waals surface area contributed by atoms with Crippen LogP contribution in [0.1, 0.15) is 23.3 Å². The Balaban J connectivity index is 1.94. The molecule has 0 N–H and O–H groups in total. The van der Waals surface area contributed by atoms with Crippen LogP contribution in [-0.4, -0.2) is 18.8 Å². The summed E-state index contributed by atoms with van der Waals surface area (Å²) in [7, 11) is -3.45. The number of sulfonamides is 1. The highest BCUT2D eigenvalue weighted by molar-refractivity contribution is 7.89. The van der Waals surface area contributed by atoms with Gasteiger partial charge in [0.1, 0.15) is 0 Å². The lowest BCUT2D eigenvalue weighted by molar-refractivity contribution is 0.399. The van der Waals surface area contributed by atoms with Gasteiger partial charge in [-0.05, 0) is 46.7 Å². The SMILES string of the molecule is O=S(=O)(c1ccsc1CCl)N(Cc1ccsc1)C1CC1. The van der Waals surface area contributed by atoms with E-state index in [-0.39, 0.29) is 11.9 Å². The van der Waals surface area contributed by atoms with E-state index in [9.17, 15) is 8.42 Å². The molecule has 0 bridgehead atoms. The Hall–Kier alpha value is -0.400. The summed E-state index contributed by atoms with van der Waals surface area (Å²) >= 11 is 8.84. The number of alkyl halides is 1. The molecule has 0 saturated heterocycles. The maximum Gasteiger partial charge on any atom is 0.244 e. The third-order valence-corrected chi connectivity index (χ3v) is 7.48. The fourth-order valence-corrected chi connectivity index (χ4v) is 6.13. The molecule has 0 aromatic carbocycles. The molecule has 2 aromatic rings. The molecule has 0 atom stereocenters. The van der Waals surface area contributed by atoms with E-state index in [2.05, 4.69) is 0 Å². The lowest BCUT2D eigenvalue weighted by Gasteiger charge is -2.21. The molecule has 7 heteroatoms. The van der Waals surface area contributed by atoms with Gasteiger partial charge >= 0.3 is 0 Å². The lowest BCUT2D eigenvalue weighted by Crippen LogP contribution is -2.32. The van der Waals surface area contributed by atoms with E-state index in [1.54, 1.807) is 27.1 Å². The Morgan fingerprint density at radius 1 is 1.30 bits per heavy atom. The maximum atomic E-state index is 12.9. The number of thiophene rings is 2. The normalized spacial score (nSPS) is 15.9. The van der Waals surface area contributed by atoms with Crippen molar-refractivity contribution in [1.82, 2.24) is 4.31 Å². The van der Waals surface area contributed by atoms with Crippen molar-refractivity contribution in [3.8, 4) is 0 Å². The molecular weight excluding hydrogens is 334 g/mol. The number of nitrogens with zero attached hydrogens (tertiary/aromatic N) is 1. The van der Waals surface area contributed by atoms with Crippen molar-refractivity contribution in [2.24, 2.45) is 0 Å². The zero-order chi connectivity index (χ0) is 14.2. The zero-order valence-electron chi connectivity index (χ0n) is 10.7. The summed E-state index contributed by atoms with van der Waals surface area (Å²) in [6, 6.07) is 3.79. The molecule has 2 aromatic heterocycles. The summed E-state index contributed by atoms with van der Waals surface area (Å²) in [6.07, 6.45) is 1.90. The average Bonchev–Trinajstić information content (AvgIpc) is 2.95. The molecule has 1 aliphatic rings. The predicted molar refractivity (Wildman–Crippen MR) is 83.9 cm³/mol. The van der Waals surface area contributed by atoms with Gasteiger partial charge in [0.15, 0.2) is 0 Å². The van der Waals surface area contributed by atoms with Crippen molar-refractivity contribution in [3.63, 3.8) is 0 Å². The van der Waals surface area contributed by atoms with Crippen LogP contribution < -0.4 is 0 Å². The highest BCUT2D eigenvalue weighted by Crippen LogP contribution is 2.36. The molecule has 1 fully saturated rings. The maximum absolute atomic E-state index is 12.9. The summed E-state index contributed by atoms with van der Waals surface area (Å²) in [5.41, 5.74) is 1.05. The van der Waals surface area contributed by atoms with Crippen LogP contribution in [0.15, 0.2) is 33.2 Å². The minimum Gasteiger partial charge on any atom is -0.207 e. The van der Waals surface area contributed by atoms with E-state index >= 15 is 0 Å². The van der Waals surface area contributed by atoms with Gasteiger partial charge in [-0.15, -0.1) is 22.9 Å². The molecule has 1 saturated carbocycles. The largest absolute Gasteiger partial charge is 0.244 e. The second-order valence-electron chi connectivity index (χ2n) is 4.75. The minimum absolute atomic E-state index is 0.142. The second-order valence-corrected chi connectivity index (χ2v) is 8.66. The standard InChI is InChI=1S/C13H14ClNO2S3/c14-7-12-13(4-6-19-12)20(16,17)15(11-1-2-11)8-10-3-5-18-9-10/h3-6,9,11H,1-2,7-8H2. The third kappa shape index (κ3) is 2.80. The Bertz CT molecular complexity index is 674. The molecular formula is C13H14ClNO2S3. The van der Waals surface area contributed by atoms with E-state index in [4.69, 9.17) is 11.6 Å². The lowest BCUT2D eigenvalue weighted by atomic mass is 10.3. The summed E-state index contributed by atoms with van der Waals surface area (Å²) in [6.45, 7) is 0.452. The van der Waals surface area contributed by atoms with Crippen LogP contribution in [0.25, 0.3) is 0 Å². The molecule has 3 rings (SSSR count). The summed E-state index contributed by atoms with van der Waals surface area (Å²) in [4.78, 5) is 1.10. The topological polar surface area (TPSA) is 37.4 Å². The van der Waals surface area contributed by atoms with Crippen LogP contribution in [0.2, 0.25) is 0 Å². The summed E-state index contributed by atoms with van der Waals surface area (Å²) < 4.78 is 27.3. The monoisotopic (exact) mass is 347 g/mol. The van der Waals surface area contributed by atoms with Crippen molar-refractivity contribution in [2.75, 3.05) is 0 Å². The number of halogens is 1. The van der Waals surface area contributed by atoms with Gasteiger partial charge in [-0.2, -0.15) is 15.6 Å². The first kappa shape index (κ1) is 14.5. The first-order chi connectivity index (χ1) is 9.63. The first-order valence-electron chi connectivity index (χ1n) is 6.28. The summed E-state index contributed by atoms with van der Waals surface area (Å²) in [5, 5.41) is 5.77. The smallest absolute Gasteiger partial charge is 0.207 e.